The Labute approximate surface area is 105 Å². The van der Waals surface area contributed by atoms with E-state index in [4.69, 9.17) is 15.6 Å². The number of carboxylic acid groups (broad SMARTS) is 1. The van der Waals surface area contributed by atoms with E-state index in [0.717, 1.165) is 0 Å². The maximum Gasteiger partial charge on any atom is 0.337 e. The fourth-order valence-corrected chi connectivity index (χ4v) is 1.27. The van der Waals surface area contributed by atoms with Crippen LogP contribution in [0.1, 0.15) is 29.3 Å². The lowest BCUT2D eigenvalue weighted by Gasteiger charge is -2.00. The zero-order valence-electron chi connectivity index (χ0n) is 9.90. The molecular formula is C13H13NO4. The first-order valence-electron chi connectivity index (χ1n) is 5.32. The molecule has 0 atom stereocenters. The van der Waals surface area contributed by atoms with Crippen molar-refractivity contribution in [3.8, 4) is 11.8 Å². The number of ether oxygens (including phenoxy) is 1. The lowest BCUT2D eigenvalue weighted by molar-refractivity contribution is -0.141. The Morgan fingerprint density at radius 1 is 1.44 bits per heavy atom. The predicted molar refractivity (Wildman–Crippen MR) is 65.9 cm³/mol. The van der Waals surface area contributed by atoms with Crippen LogP contribution in [-0.4, -0.2) is 23.7 Å². The number of anilines is 1. The fourth-order valence-electron chi connectivity index (χ4n) is 1.27. The third kappa shape index (κ3) is 3.83. The number of rotatable bonds is 3. The highest BCUT2D eigenvalue weighted by Gasteiger charge is 2.08. The second-order valence-corrected chi connectivity index (χ2v) is 3.39. The summed E-state index contributed by atoms with van der Waals surface area (Å²) in [7, 11) is 0. The van der Waals surface area contributed by atoms with Gasteiger partial charge in [-0.25, -0.2) is 4.79 Å². The average molecular weight is 247 g/mol. The maximum absolute atomic E-state index is 11.0. The lowest BCUT2D eigenvalue weighted by atomic mass is 10.1. The van der Waals surface area contributed by atoms with Gasteiger partial charge in [0.25, 0.3) is 0 Å². The Hall–Kier alpha value is -2.48. The number of carbonyl (C=O) groups excluding carboxylic acids is 1. The largest absolute Gasteiger partial charge is 0.478 e. The van der Waals surface area contributed by atoms with Crippen molar-refractivity contribution in [3.63, 3.8) is 0 Å². The van der Waals surface area contributed by atoms with E-state index >= 15 is 0 Å². The van der Waals surface area contributed by atoms with Crippen molar-refractivity contribution in [3.05, 3.63) is 29.3 Å². The van der Waals surface area contributed by atoms with Gasteiger partial charge in [-0.1, -0.05) is 11.8 Å². The molecule has 3 N–H and O–H groups in total. The van der Waals surface area contributed by atoms with E-state index in [1.54, 1.807) is 13.0 Å². The molecule has 1 aromatic carbocycles. The predicted octanol–water partition coefficient (Wildman–Crippen LogP) is 1.27. The van der Waals surface area contributed by atoms with Crippen molar-refractivity contribution in [1.29, 1.82) is 0 Å². The topological polar surface area (TPSA) is 89.6 Å². The van der Waals surface area contributed by atoms with Crippen molar-refractivity contribution in [2.45, 2.75) is 13.3 Å². The van der Waals surface area contributed by atoms with Crippen LogP contribution in [-0.2, 0) is 9.53 Å². The Balaban J connectivity index is 2.88. The van der Waals surface area contributed by atoms with E-state index < -0.39 is 11.9 Å². The van der Waals surface area contributed by atoms with E-state index in [-0.39, 0.29) is 12.0 Å². The van der Waals surface area contributed by atoms with Gasteiger partial charge in [-0.3, -0.25) is 4.79 Å². The summed E-state index contributed by atoms with van der Waals surface area (Å²) in [5, 5.41) is 8.97. The van der Waals surface area contributed by atoms with Crippen molar-refractivity contribution < 1.29 is 19.4 Å². The molecule has 5 nitrogen and oxygen atoms in total. The van der Waals surface area contributed by atoms with Gasteiger partial charge in [0.05, 0.1) is 12.2 Å². The minimum absolute atomic E-state index is 0.0198. The second kappa shape index (κ2) is 6.30. The van der Waals surface area contributed by atoms with Crippen molar-refractivity contribution in [1.82, 2.24) is 0 Å². The number of aromatic carboxylic acids is 1. The van der Waals surface area contributed by atoms with Gasteiger partial charge in [0.2, 0.25) is 0 Å². The van der Waals surface area contributed by atoms with E-state index in [9.17, 15) is 9.59 Å². The molecule has 1 aromatic rings. The summed E-state index contributed by atoms with van der Waals surface area (Å²) in [6.45, 7) is 2.00. The molecule has 0 saturated carbocycles. The minimum Gasteiger partial charge on any atom is -0.478 e. The van der Waals surface area contributed by atoms with Crippen LogP contribution in [0.3, 0.4) is 0 Å². The van der Waals surface area contributed by atoms with Gasteiger partial charge in [0, 0.05) is 11.3 Å². The number of nitrogen functional groups attached to an aromatic ring is 1. The summed E-state index contributed by atoms with van der Waals surface area (Å²) in [6.07, 6.45) is -0.0721. The van der Waals surface area contributed by atoms with Crippen LogP contribution in [0.5, 0.6) is 0 Å². The van der Waals surface area contributed by atoms with Gasteiger partial charge in [0.1, 0.15) is 6.42 Å². The van der Waals surface area contributed by atoms with Crippen LogP contribution in [0.4, 0.5) is 5.69 Å². The number of benzene rings is 1. The summed E-state index contributed by atoms with van der Waals surface area (Å²) in [6, 6.07) is 4.40. The number of carbonyl (C=O) groups is 2. The molecule has 0 aromatic heterocycles. The molecule has 5 heteroatoms. The van der Waals surface area contributed by atoms with Crippen molar-refractivity contribution in [2.24, 2.45) is 0 Å². The SMILES string of the molecule is CCOC(=O)CC#Cc1ccc(N)cc1C(=O)O. The molecule has 94 valence electrons. The maximum atomic E-state index is 11.0. The molecule has 0 aliphatic heterocycles. The van der Waals surface area contributed by atoms with Crippen LogP contribution in [0, 0.1) is 11.8 Å². The van der Waals surface area contributed by atoms with Gasteiger partial charge in [-0.05, 0) is 25.1 Å². The van der Waals surface area contributed by atoms with Crippen molar-refractivity contribution in [2.75, 3.05) is 12.3 Å². The highest BCUT2D eigenvalue weighted by molar-refractivity contribution is 5.92. The summed E-state index contributed by atoms with van der Waals surface area (Å²) in [5.74, 6) is 3.65. The summed E-state index contributed by atoms with van der Waals surface area (Å²) in [4.78, 5) is 22.0. The number of esters is 1. The molecule has 0 unspecified atom stereocenters. The lowest BCUT2D eigenvalue weighted by Crippen LogP contribution is -2.03. The standard InChI is InChI=1S/C13H13NO4/c1-2-18-12(15)5-3-4-9-6-7-10(14)8-11(9)13(16)17/h6-8H,2,5,14H2,1H3,(H,16,17). The van der Waals surface area contributed by atoms with Crippen molar-refractivity contribution >= 4 is 17.6 Å². The van der Waals surface area contributed by atoms with Crippen LogP contribution in [0.15, 0.2) is 18.2 Å². The Morgan fingerprint density at radius 3 is 2.78 bits per heavy atom. The third-order valence-electron chi connectivity index (χ3n) is 2.04. The molecule has 0 bridgehead atoms. The zero-order chi connectivity index (χ0) is 13.5. The summed E-state index contributed by atoms with van der Waals surface area (Å²) in [5.41, 5.74) is 6.19. The van der Waals surface area contributed by atoms with E-state index in [1.165, 1.54) is 12.1 Å². The minimum atomic E-state index is -1.11. The van der Waals surface area contributed by atoms with Crippen LogP contribution in [0.2, 0.25) is 0 Å². The smallest absolute Gasteiger partial charge is 0.337 e. The van der Waals surface area contributed by atoms with Crippen LogP contribution >= 0.6 is 0 Å². The van der Waals surface area contributed by atoms with Crippen LogP contribution in [0.25, 0.3) is 0 Å². The zero-order valence-corrected chi connectivity index (χ0v) is 9.90. The first kappa shape index (κ1) is 13.6. The van der Waals surface area contributed by atoms with Gasteiger partial charge < -0.3 is 15.6 Å². The first-order valence-corrected chi connectivity index (χ1v) is 5.32. The fraction of sp³-hybridized carbons (Fsp3) is 0.231. The average Bonchev–Trinajstić information content (AvgIpc) is 2.31. The van der Waals surface area contributed by atoms with Gasteiger partial charge in [0.15, 0.2) is 0 Å². The summed E-state index contributed by atoms with van der Waals surface area (Å²) >= 11 is 0. The van der Waals surface area contributed by atoms with Gasteiger partial charge in [-0.15, -0.1) is 0 Å². The van der Waals surface area contributed by atoms with E-state index in [0.29, 0.717) is 17.9 Å². The third-order valence-corrected chi connectivity index (χ3v) is 2.04. The molecule has 0 radical (unpaired) electrons. The molecule has 0 spiro atoms. The molecule has 0 fully saturated rings. The Kier molecular flexibility index (Phi) is 4.76. The molecule has 0 aliphatic rings. The molecule has 0 saturated heterocycles. The monoisotopic (exact) mass is 247 g/mol. The second-order valence-electron chi connectivity index (χ2n) is 3.39. The van der Waals surface area contributed by atoms with Gasteiger partial charge >= 0.3 is 11.9 Å². The van der Waals surface area contributed by atoms with E-state index in [2.05, 4.69) is 11.8 Å². The molecule has 0 amide bonds. The number of hydrogen-bond acceptors (Lipinski definition) is 4. The number of carboxylic acids is 1. The molecular weight excluding hydrogens is 234 g/mol. The number of hydrogen-bond donors (Lipinski definition) is 2. The summed E-state index contributed by atoms with van der Waals surface area (Å²) < 4.78 is 4.70. The Bertz CT molecular complexity index is 526. The number of nitrogens with two attached hydrogens (primary N) is 1. The molecule has 1 rings (SSSR count). The molecule has 18 heavy (non-hydrogen) atoms. The highest BCUT2D eigenvalue weighted by Crippen LogP contribution is 2.12. The quantitative estimate of drug-likeness (QED) is 0.477. The molecule has 0 heterocycles. The molecule has 0 aliphatic carbocycles. The van der Waals surface area contributed by atoms with E-state index in [1.807, 2.05) is 0 Å². The highest BCUT2D eigenvalue weighted by atomic mass is 16.5. The Morgan fingerprint density at radius 2 is 2.17 bits per heavy atom. The normalized spacial score (nSPS) is 9.17. The van der Waals surface area contributed by atoms with Crippen LogP contribution < -0.4 is 5.73 Å². The van der Waals surface area contributed by atoms with Gasteiger partial charge in [-0.2, -0.15) is 0 Å². The first-order chi connectivity index (χ1) is 8.54.